The molecule has 0 aliphatic carbocycles. The highest BCUT2D eigenvalue weighted by Gasteiger charge is 2.13. The lowest BCUT2D eigenvalue weighted by Gasteiger charge is -2.08. The molecule has 0 spiro atoms. The first-order valence-corrected chi connectivity index (χ1v) is 7.55. The number of hydrazine groups is 1. The third-order valence-corrected chi connectivity index (χ3v) is 4.30. The Labute approximate surface area is 132 Å². The highest BCUT2D eigenvalue weighted by Crippen LogP contribution is 2.34. The number of hydrogen-bond acceptors (Lipinski definition) is 6. The molecule has 8 heteroatoms. The van der Waals surface area contributed by atoms with Gasteiger partial charge in [0.15, 0.2) is 0 Å². The molecule has 108 valence electrons. The van der Waals surface area contributed by atoms with E-state index in [1.165, 1.54) is 17.4 Å². The van der Waals surface area contributed by atoms with Crippen LogP contribution >= 0.6 is 27.3 Å². The average molecular weight is 369 g/mol. The van der Waals surface area contributed by atoms with Gasteiger partial charge in [0, 0.05) is 10.9 Å². The van der Waals surface area contributed by atoms with Crippen molar-refractivity contribution in [1.82, 2.24) is 9.97 Å². The first-order chi connectivity index (χ1) is 10.1. The van der Waals surface area contributed by atoms with Crippen molar-refractivity contribution in [3.8, 4) is 11.6 Å². The van der Waals surface area contributed by atoms with Gasteiger partial charge in [0.2, 0.25) is 11.8 Å². The lowest BCUT2D eigenvalue weighted by molar-refractivity contribution is 0.463. The molecule has 3 aromatic rings. The zero-order chi connectivity index (χ0) is 15.0. The smallest absolute Gasteiger partial charge is 0.241 e. The van der Waals surface area contributed by atoms with Crippen molar-refractivity contribution in [2.24, 2.45) is 5.84 Å². The van der Waals surface area contributed by atoms with Crippen LogP contribution < -0.4 is 16.0 Å². The van der Waals surface area contributed by atoms with Crippen LogP contribution in [0.2, 0.25) is 0 Å². The summed E-state index contributed by atoms with van der Waals surface area (Å²) in [5.74, 6) is 5.88. The first-order valence-electron chi connectivity index (χ1n) is 5.94. The van der Waals surface area contributed by atoms with E-state index in [1.54, 1.807) is 12.1 Å². The fourth-order valence-corrected chi connectivity index (χ4v) is 2.93. The van der Waals surface area contributed by atoms with Gasteiger partial charge in [-0.3, -0.25) is 5.43 Å². The Morgan fingerprint density at radius 3 is 2.86 bits per heavy atom. The monoisotopic (exact) mass is 368 g/mol. The molecule has 1 aromatic carbocycles. The SMILES string of the molecule is Cc1cc2c(Oc3ccc(Br)c(F)c3)nc(NN)nc2s1. The molecule has 0 saturated carbocycles. The van der Waals surface area contributed by atoms with E-state index in [9.17, 15) is 4.39 Å². The number of benzene rings is 1. The second-order valence-electron chi connectivity index (χ2n) is 4.25. The van der Waals surface area contributed by atoms with Gasteiger partial charge < -0.3 is 4.74 Å². The van der Waals surface area contributed by atoms with Crippen LogP contribution in [0.3, 0.4) is 0 Å². The van der Waals surface area contributed by atoms with E-state index in [1.807, 2.05) is 13.0 Å². The summed E-state index contributed by atoms with van der Waals surface area (Å²) in [7, 11) is 0. The molecule has 0 aliphatic rings. The van der Waals surface area contributed by atoms with Crippen LogP contribution in [0, 0.1) is 12.7 Å². The van der Waals surface area contributed by atoms with Crippen LogP contribution in [-0.2, 0) is 0 Å². The minimum absolute atomic E-state index is 0.247. The van der Waals surface area contributed by atoms with Gasteiger partial charge in [-0.2, -0.15) is 4.98 Å². The summed E-state index contributed by atoms with van der Waals surface area (Å²) >= 11 is 4.60. The maximum Gasteiger partial charge on any atom is 0.241 e. The number of rotatable bonds is 3. The minimum atomic E-state index is -0.406. The standard InChI is InChI=1S/C13H10BrFN4OS/c1-6-4-8-11(17-13(19-16)18-12(8)21-6)20-7-2-3-9(14)10(15)5-7/h2-5H,16H2,1H3,(H,17,18,19). The summed E-state index contributed by atoms with van der Waals surface area (Å²) in [6.45, 7) is 1.96. The summed E-state index contributed by atoms with van der Waals surface area (Å²) in [5.41, 5.74) is 2.40. The molecule has 0 aliphatic heterocycles. The summed E-state index contributed by atoms with van der Waals surface area (Å²) in [4.78, 5) is 10.3. The number of aryl methyl sites for hydroxylation is 1. The van der Waals surface area contributed by atoms with E-state index in [4.69, 9.17) is 10.6 Å². The van der Waals surface area contributed by atoms with Crippen molar-refractivity contribution in [3.05, 3.63) is 39.4 Å². The predicted molar refractivity (Wildman–Crippen MR) is 84.1 cm³/mol. The molecule has 0 unspecified atom stereocenters. The molecule has 0 saturated heterocycles. The number of aromatic nitrogens is 2. The Bertz CT molecular complexity index is 823. The zero-order valence-corrected chi connectivity index (χ0v) is 13.3. The summed E-state index contributed by atoms with van der Waals surface area (Å²) in [6.07, 6.45) is 0. The van der Waals surface area contributed by atoms with Crippen molar-refractivity contribution in [2.75, 3.05) is 5.43 Å². The fraction of sp³-hybridized carbons (Fsp3) is 0.0769. The number of thiophene rings is 1. The highest BCUT2D eigenvalue weighted by molar-refractivity contribution is 9.10. The maximum absolute atomic E-state index is 13.6. The van der Waals surface area contributed by atoms with Gasteiger partial charge >= 0.3 is 0 Å². The molecule has 21 heavy (non-hydrogen) atoms. The van der Waals surface area contributed by atoms with Crippen molar-refractivity contribution < 1.29 is 9.13 Å². The molecule has 0 atom stereocenters. The van der Waals surface area contributed by atoms with Gasteiger partial charge in [0.1, 0.15) is 16.4 Å². The Balaban J connectivity index is 2.07. The largest absolute Gasteiger partial charge is 0.438 e. The van der Waals surface area contributed by atoms with Crippen molar-refractivity contribution in [2.45, 2.75) is 6.92 Å². The molecule has 3 rings (SSSR count). The summed E-state index contributed by atoms with van der Waals surface area (Å²) in [5, 5.41) is 0.764. The molecule has 0 fully saturated rings. The molecule has 3 N–H and O–H groups in total. The third kappa shape index (κ3) is 2.82. The van der Waals surface area contributed by atoms with Crippen LogP contribution in [0.4, 0.5) is 10.3 Å². The van der Waals surface area contributed by atoms with Gasteiger partial charge in [0.25, 0.3) is 0 Å². The second kappa shape index (κ2) is 5.55. The van der Waals surface area contributed by atoms with Crippen molar-refractivity contribution in [3.63, 3.8) is 0 Å². The van der Waals surface area contributed by atoms with E-state index in [2.05, 4.69) is 31.3 Å². The van der Waals surface area contributed by atoms with Crippen LogP contribution in [0.1, 0.15) is 4.88 Å². The Kier molecular flexibility index (Phi) is 3.75. The predicted octanol–water partition coefficient (Wildman–Crippen LogP) is 3.98. The average Bonchev–Trinajstić information content (AvgIpc) is 2.83. The molecule has 2 aromatic heterocycles. The van der Waals surface area contributed by atoms with Gasteiger partial charge in [-0.25, -0.2) is 15.2 Å². The molecule has 0 bridgehead atoms. The van der Waals surface area contributed by atoms with Crippen LogP contribution in [0.25, 0.3) is 10.2 Å². The number of nitrogens with one attached hydrogen (secondary N) is 1. The van der Waals surface area contributed by atoms with Crippen LogP contribution in [-0.4, -0.2) is 9.97 Å². The highest BCUT2D eigenvalue weighted by atomic mass is 79.9. The Hall–Kier alpha value is -1.77. The Morgan fingerprint density at radius 2 is 2.14 bits per heavy atom. The van der Waals surface area contributed by atoms with Gasteiger partial charge in [-0.15, -0.1) is 11.3 Å². The lowest BCUT2D eigenvalue weighted by Crippen LogP contribution is -2.10. The molecule has 0 radical (unpaired) electrons. The number of ether oxygens (including phenoxy) is 1. The number of fused-ring (bicyclic) bond motifs is 1. The first kappa shape index (κ1) is 14.2. The normalized spacial score (nSPS) is 10.9. The molecule has 0 amide bonds. The van der Waals surface area contributed by atoms with Crippen LogP contribution in [0.5, 0.6) is 11.6 Å². The van der Waals surface area contributed by atoms with E-state index in [0.29, 0.717) is 16.1 Å². The number of hydrogen-bond donors (Lipinski definition) is 2. The van der Waals surface area contributed by atoms with E-state index < -0.39 is 5.82 Å². The number of nitrogens with zero attached hydrogens (tertiary/aromatic N) is 2. The minimum Gasteiger partial charge on any atom is -0.438 e. The van der Waals surface area contributed by atoms with Crippen LogP contribution in [0.15, 0.2) is 28.7 Å². The quantitative estimate of drug-likeness (QED) is 0.540. The topological polar surface area (TPSA) is 73.1 Å². The van der Waals surface area contributed by atoms with Gasteiger partial charge in [-0.05, 0) is 41.1 Å². The molecule has 2 heterocycles. The molecular formula is C13H10BrFN4OS. The van der Waals surface area contributed by atoms with Crippen molar-refractivity contribution in [1.29, 1.82) is 0 Å². The summed E-state index contributed by atoms with van der Waals surface area (Å²) in [6, 6.07) is 6.43. The third-order valence-electron chi connectivity index (χ3n) is 2.72. The Morgan fingerprint density at radius 1 is 1.33 bits per heavy atom. The number of nitrogen functional groups attached to an aromatic ring is 1. The van der Waals surface area contributed by atoms with Gasteiger partial charge in [0.05, 0.1) is 9.86 Å². The summed E-state index contributed by atoms with van der Waals surface area (Å²) < 4.78 is 19.6. The van der Waals surface area contributed by atoms with E-state index >= 15 is 0 Å². The number of anilines is 1. The maximum atomic E-state index is 13.6. The lowest BCUT2D eigenvalue weighted by atomic mass is 10.3. The zero-order valence-electron chi connectivity index (χ0n) is 10.9. The number of nitrogens with two attached hydrogens (primary N) is 1. The molecule has 5 nitrogen and oxygen atoms in total. The second-order valence-corrected chi connectivity index (χ2v) is 6.34. The molecular weight excluding hydrogens is 359 g/mol. The fourth-order valence-electron chi connectivity index (χ4n) is 1.81. The van der Waals surface area contributed by atoms with Gasteiger partial charge in [-0.1, -0.05) is 0 Å². The van der Waals surface area contributed by atoms with Crippen molar-refractivity contribution >= 4 is 43.4 Å². The van der Waals surface area contributed by atoms with E-state index in [0.717, 1.165) is 15.1 Å². The van der Waals surface area contributed by atoms with E-state index in [-0.39, 0.29) is 5.95 Å². The number of halogens is 2.